The Morgan fingerprint density at radius 2 is 2.28 bits per heavy atom. The number of hydrogen-bond acceptors (Lipinski definition) is 2. The highest BCUT2D eigenvalue weighted by Gasteiger charge is 2.51. The first-order chi connectivity index (χ1) is 8.63. The molecule has 2 bridgehead atoms. The molecule has 0 spiro atoms. The maximum atomic E-state index is 13.9. The van der Waals surface area contributed by atoms with Gasteiger partial charge in [-0.2, -0.15) is 0 Å². The van der Waals surface area contributed by atoms with E-state index in [1.807, 2.05) is 6.07 Å². The van der Waals surface area contributed by atoms with Crippen LogP contribution >= 0.6 is 15.9 Å². The van der Waals surface area contributed by atoms with Crippen LogP contribution < -0.4 is 5.73 Å². The summed E-state index contributed by atoms with van der Waals surface area (Å²) < 4.78 is 20.7. The molecule has 2 nitrogen and oxygen atoms in total. The number of nitrogens with two attached hydrogens (primary N) is 1. The fraction of sp³-hybridized carbons (Fsp3) is 0.571. The molecule has 3 atom stereocenters. The minimum Gasteiger partial charge on any atom is -0.374 e. The van der Waals surface area contributed by atoms with E-state index < -0.39 is 0 Å². The van der Waals surface area contributed by atoms with E-state index in [1.165, 1.54) is 6.07 Å². The van der Waals surface area contributed by atoms with Crippen LogP contribution in [0.25, 0.3) is 0 Å². The third-order valence-corrected chi connectivity index (χ3v) is 4.87. The Kier molecular flexibility index (Phi) is 3.20. The van der Waals surface area contributed by atoms with Gasteiger partial charge < -0.3 is 10.5 Å². The van der Waals surface area contributed by atoms with E-state index in [0.717, 1.165) is 29.3 Å². The molecular formula is C14H17BrFNO. The fourth-order valence-electron chi connectivity index (χ4n) is 3.42. The quantitative estimate of drug-likeness (QED) is 0.931. The van der Waals surface area contributed by atoms with E-state index in [0.29, 0.717) is 19.1 Å². The minimum atomic E-state index is -0.145. The maximum Gasteiger partial charge on any atom is 0.126 e. The van der Waals surface area contributed by atoms with Gasteiger partial charge in [0.05, 0.1) is 12.2 Å². The molecule has 0 aromatic heterocycles. The van der Waals surface area contributed by atoms with Gasteiger partial charge in [-0.05, 0) is 49.4 Å². The molecule has 0 radical (unpaired) electrons. The minimum absolute atomic E-state index is 0.0649. The Morgan fingerprint density at radius 1 is 1.44 bits per heavy atom. The van der Waals surface area contributed by atoms with Crippen molar-refractivity contribution in [2.75, 3.05) is 6.54 Å². The van der Waals surface area contributed by atoms with Crippen molar-refractivity contribution in [3.63, 3.8) is 0 Å². The van der Waals surface area contributed by atoms with Gasteiger partial charge in [0.25, 0.3) is 0 Å². The van der Waals surface area contributed by atoms with Crippen molar-refractivity contribution in [2.45, 2.75) is 37.9 Å². The highest BCUT2D eigenvalue weighted by Crippen LogP contribution is 2.49. The number of fused-ring (bicyclic) bond motifs is 2. The molecule has 1 aromatic rings. The molecule has 2 fully saturated rings. The summed E-state index contributed by atoms with van der Waals surface area (Å²) in [5.74, 6) is -0.145. The molecule has 3 rings (SSSR count). The lowest BCUT2D eigenvalue weighted by molar-refractivity contribution is 0.0633. The largest absolute Gasteiger partial charge is 0.374 e. The summed E-state index contributed by atoms with van der Waals surface area (Å²) in [7, 11) is 0. The maximum absolute atomic E-state index is 13.9. The number of halogens is 2. The van der Waals surface area contributed by atoms with Crippen LogP contribution in [0.4, 0.5) is 4.39 Å². The molecule has 18 heavy (non-hydrogen) atoms. The second-order valence-electron chi connectivity index (χ2n) is 5.51. The van der Waals surface area contributed by atoms with E-state index in [4.69, 9.17) is 10.5 Å². The second kappa shape index (κ2) is 4.58. The van der Waals surface area contributed by atoms with Crippen LogP contribution in [0, 0.1) is 11.2 Å². The molecule has 0 aliphatic carbocycles. The first-order valence-electron chi connectivity index (χ1n) is 6.42. The van der Waals surface area contributed by atoms with Gasteiger partial charge in [-0.3, -0.25) is 0 Å². The lowest BCUT2D eigenvalue weighted by Crippen LogP contribution is -2.41. The molecule has 98 valence electrons. The molecule has 4 heteroatoms. The molecular weight excluding hydrogens is 297 g/mol. The molecule has 2 N–H and O–H groups in total. The summed E-state index contributed by atoms with van der Waals surface area (Å²) in [5, 5.41) is 0. The van der Waals surface area contributed by atoms with Gasteiger partial charge >= 0.3 is 0 Å². The van der Waals surface area contributed by atoms with Crippen LogP contribution in [0.1, 0.15) is 24.8 Å². The number of rotatable bonds is 3. The van der Waals surface area contributed by atoms with Crippen LogP contribution in [0.5, 0.6) is 0 Å². The summed E-state index contributed by atoms with van der Waals surface area (Å²) in [6.45, 7) is 0.570. The van der Waals surface area contributed by atoms with Crippen LogP contribution in [0.2, 0.25) is 0 Å². The first-order valence-corrected chi connectivity index (χ1v) is 7.22. The summed E-state index contributed by atoms with van der Waals surface area (Å²) in [5.41, 5.74) is 6.65. The third-order valence-electron chi connectivity index (χ3n) is 4.38. The predicted octanol–water partition coefficient (Wildman–Crippen LogP) is 3.03. The zero-order valence-corrected chi connectivity index (χ0v) is 11.7. The first kappa shape index (κ1) is 12.6. The summed E-state index contributed by atoms with van der Waals surface area (Å²) in [6.07, 6.45) is 4.40. The van der Waals surface area contributed by atoms with E-state index in [-0.39, 0.29) is 17.3 Å². The van der Waals surface area contributed by atoms with Crippen LogP contribution in [0.15, 0.2) is 22.7 Å². The monoisotopic (exact) mass is 313 g/mol. The van der Waals surface area contributed by atoms with Crippen LogP contribution in [-0.2, 0) is 11.2 Å². The van der Waals surface area contributed by atoms with Gasteiger partial charge in [-0.25, -0.2) is 4.39 Å². The third kappa shape index (κ3) is 2.00. The molecule has 2 aliphatic rings. The number of benzene rings is 1. The average Bonchev–Trinajstić information content (AvgIpc) is 2.94. The number of ether oxygens (including phenoxy) is 1. The van der Waals surface area contributed by atoms with E-state index in [9.17, 15) is 4.39 Å². The Labute approximate surface area is 115 Å². The van der Waals surface area contributed by atoms with Gasteiger partial charge in [-0.1, -0.05) is 15.9 Å². The van der Waals surface area contributed by atoms with Crippen molar-refractivity contribution < 1.29 is 9.13 Å². The van der Waals surface area contributed by atoms with Gasteiger partial charge in [0.15, 0.2) is 0 Å². The van der Waals surface area contributed by atoms with Gasteiger partial charge in [-0.15, -0.1) is 0 Å². The zero-order chi connectivity index (χ0) is 12.8. The molecule has 2 heterocycles. The highest BCUT2D eigenvalue weighted by atomic mass is 79.9. The van der Waals surface area contributed by atoms with Crippen molar-refractivity contribution in [3.8, 4) is 0 Å². The van der Waals surface area contributed by atoms with Gasteiger partial charge in [0, 0.05) is 16.4 Å². The second-order valence-corrected chi connectivity index (χ2v) is 6.42. The van der Waals surface area contributed by atoms with Crippen LogP contribution in [0.3, 0.4) is 0 Å². The zero-order valence-electron chi connectivity index (χ0n) is 10.2. The number of hydrogen-bond donors (Lipinski definition) is 1. The fourth-order valence-corrected chi connectivity index (χ4v) is 3.83. The van der Waals surface area contributed by atoms with Crippen molar-refractivity contribution in [3.05, 3.63) is 34.1 Å². The van der Waals surface area contributed by atoms with E-state index in [1.54, 1.807) is 6.07 Å². The lowest BCUT2D eigenvalue weighted by atomic mass is 9.70. The Balaban J connectivity index is 1.88. The normalized spacial score (nSPS) is 34.2. The Hall–Kier alpha value is -0.450. The molecule has 2 aliphatic heterocycles. The topological polar surface area (TPSA) is 35.2 Å². The molecule has 1 aromatic carbocycles. The molecule has 0 saturated carbocycles. The van der Waals surface area contributed by atoms with Gasteiger partial charge in [0.2, 0.25) is 0 Å². The Bertz CT molecular complexity index is 467. The smallest absolute Gasteiger partial charge is 0.126 e. The SMILES string of the molecule is NCC1(Cc2cc(Br)ccc2F)CC2CCC1O2. The van der Waals surface area contributed by atoms with Gasteiger partial charge in [0.1, 0.15) is 5.82 Å². The standard InChI is InChI=1S/C14H17BrFNO/c15-10-1-3-12(16)9(5-10)6-14(8-17)7-11-2-4-13(14)18-11/h1,3,5,11,13H,2,4,6-8,17H2. The Morgan fingerprint density at radius 3 is 2.89 bits per heavy atom. The van der Waals surface area contributed by atoms with Crippen molar-refractivity contribution in [2.24, 2.45) is 11.1 Å². The highest BCUT2D eigenvalue weighted by molar-refractivity contribution is 9.10. The van der Waals surface area contributed by atoms with Crippen LogP contribution in [-0.4, -0.2) is 18.8 Å². The lowest BCUT2D eigenvalue weighted by Gasteiger charge is -2.34. The molecule has 2 saturated heterocycles. The summed E-state index contributed by atoms with van der Waals surface area (Å²) in [6, 6.07) is 5.10. The van der Waals surface area contributed by atoms with Crippen molar-refractivity contribution in [1.29, 1.82) is 0 Å². The van der Waals surface area contributed by atoms with E-state index >= 15 is 0 Å². The van der Waals surface area contributed by atoms with Crippen molar-refractivity contribution in [1.82, 2.24) is 0 Å². The predicted molar refractivity (Wildman–Crippen MR) is 71.8 cm³/mol. The molecule has 3 unspecified atom stereocenters. The van der Waals surface area contributed by atoms with E-state index in [2.05, 4.69) is 15.9 Å². The molecule has 0 amide bonds. The summed E-state index contributed by atoms with van der Waals surface area (Å²) >= 11 is 3.40. The summed E-state index contributed by atoms with van der Waals surface area (Å²) in [4.78, 5) is 0. The van der Waals surface area contributed by atoms with Crippen molar-refractivity contribution >= 4 is 15.9 Å². The average molecular weight is 314 g/mol.